The number of phenolic OH excluding ortho intramolecular Hbond substituents is 1. The number of anilines is 2. The molecule has 31 heavy (non-hydrogen) atoms. The molecule has 1 aliphatic rings. The van der Waals surface area contributed by atoms with Gasteiger partial charge >= 0.3 is 0 Å². The van der Waals surface area contributed by atoms with Crippen LogP contribution in [0.3, 0.4) is 0 Å². The lowest BCUT2D eigenvalue weighted by molar-refractivity contribution is 0.0746. The number of piperazine rings is 1. The zero-order chi connectivity index (χ0) is 21.8. The summed E-state index contributed by atoms with van der Waals surface area (Å²) in [5.41, 5.74) is 1.66. The molecule has 0 aromatic heterocycles. The Labute approximate surface area is 181 Å². The number of hydrogen-bond donors (Lipinski definition) is 2. The molecule has 1 saturated heterocycles. The van der Waals surface area contributed by atoms with Crippen LogP contribution in [0.25, 0.3) is 0 Å². The number of amides is 1. The van der Waals surface area contributed by atoms with E-state index in [1.165, 1.54) is 12.1 Å². The number of nitrogens with one attached hydrogen (secondary N) is 1. The monoisotopic (exact) mass is 437 g/mol. The third-order valence-corrected chi connectivity index (χ3v) is 6.62. The molecule has 1 heterocycles. The third kappa shape index (κ3) is 4.64. The Hall–Kier alpha value is -3.52. The van der Waals surface area contributed by atoms with E-state index < -0.39 is 10.0 Å². The number of carbonyl (C=O) groups is 1. The van der Waals surface area contributed by atoms with Gasteiger partial charge in [-0.15, -0.1) is 0 Å². The summed E-state index contributed by atoms with van der Waals surface area (Å²) in [4.78, 5) is 16.8. The van der Waals surface area contributed by atoms with Crippen LogP contribution in [0, 0.1) is 0 Å². The van der Waals surface area contributed by atoms with Crippen LogP contribution < -0.4 is 9.62 Å². The summed E-state index contributed by atoms with van der Waals surface area (Å²) >= 11 is 0. The molecule has 0 saturated carbocycles. The van der Waals surface area contributed by atoms with E-state index in [9.17, 15) is 18.3 Å². The van der Waals surface area contributed by atoms with E-state index in [4.69, 9.17) is 0 Å². The van der Waals surface area contributed by atoms with Crippen LogP contribution in [-0.2, 0) is 10.0 Å². The van der Waals surface area contributed by atoms with E-state index >= 15 is 0 Å². The van der Waals surface area contributed by atoms with Crippen LogP contribution in [-0.4, -0.2) is 50.5 Å². The number of hydrogen-bond acceptors (Lipinski definition) is 5. The summed E-state index contributed by atoms with van der Waals surface area (Å²) in [6.45, 7) is 2.32. The van der Waals surface area contributed by atoms with Crippen LogP contribution in [0.4, 0.5) is 11.4 Å². The van der Waals surface area contributed by atoms with Crippen molar-refractivity contribution in [3.05, 3.63) is 84.4 Å². The Balaban J connectivity index is 1.38. The first-order valence-electron chi connectivity index (χ1n) is 9.94. The molecule has 0 aliphatic carbocycles. The van der Waals surface area contributed by atoms with Gasteiger partial charge in [-0.3, -0.25) is 9.52 Å². The van der Waals surface area contributed by atoms with Gasteiger partial charge in [-0.25, -0.2) is 8.42 Å². The quantitative estimate of drug-likeness (QED) is 0.640. The molecule has 3 aromatic rings. The van der Waals surface area contributed by atoms with Gasteiger partial charge in [0.05, 0.1) is 10.6 Å². The lowest BCUT2D eigenvalue weighted by atomic mass is 10.1. The first-order valence-corrected chi connectivity index (χ1v) is 11.4. The number of nitrogens with zero attached hydrogens (tertiary/aromatic N) is 2. The Morgan fingerprint density at radius 3 is 2.06 bits per heavy atom. The molecule has 4 rings (SSSR count). The van der Waals surface area contributed by atoms with Gasteiger partial charge in [-0.1, -0.05) is 30.3 Å². The maximum absolute atomic E-state index is 12.8. The number of rotatable bonds is 5. The van der Waals surface area contributed by atoms with Crippen molar-refractivity contribution >= 4 is 27.3 Å². The number of carbonyl (C=O) groups excluding carboxylic acids is 1. The van der Waals surface area contributed by atoms with Crippen molar-refractivity contribution in [3.63, 3.8) is 0 Å². The fourth-order valence-corrected chi connectivity index (χ4v) is 4.64. The summed E-state index contributed by atoms with van der Waals surface area (Å²) in [5, 5.41) is 10.0. The molecule has 7 nitrogen and oxygen atoms in total. The Kier molecular flexibility index (Phi) is 5.81. The topological polar surface area (TPSA) is 90.0 Å². The zero-order valence-electron chi connectivity index (χ0n) is 16.8. The van der Waals surface area contributed by atoms with Crippen molar-refractivity contribution in [2.75, 3.05) is 35.8 Å². The number of benzene rings is 3. The highest BCUT2D eigenvalue weighted by Crippen LogP contribution is 2.27. The maximum atomic E-state index is 12.8. The second-order valence-corrected chi connectivity index (χ2v) is 8.95. The lowest BCUT2D eigenvalue weighted by Crippen LogP contribution is -2.48. The van der Waals surface area contributed by atoms with Crippen LogP contribution in [0.1, 0.15) is 10.4 Å². The van der Waals surface area contributed by atoms with Gasteiger partial charge in [0.15, 0.2) is 0 Å². The summed E-state index contributed by atoms with van der Waals surface area (Å²) in [7, 11) is -3.67. The fraction of sp³-hybridized carbons (Fsp3) is 0.174. The zero-order valence-corrected chi connectivity index (χ0v) is 17.6. The number of aromatic hydroxyl groups is 1. The summed E-state index contributed by atoms with van der Waals surface area (Å²) in [5.74, 6) is 0.130. The van der Waals surface area contributed by atoms with E-state index in [1.807, 2.05) is 12.1 Å². The number of sulfonamides is 1. The maximum Gasteiger partial charge on any atom is 0.261 e. The average Bonchev–Trinajstić information content (AvgIpc) is 2.80. The molecule has 0 bridgehead atoms. The molecule has 0 radical (unpaired) electrons. The highest BCUT2D eigenvalue weighted by molar-refractivity contribution is 7.92. The largest absolute Gasteiger partial charge is 0.506 e. The minimum absolute atomic E-state index is 0.102. The fourth-order valence-electron chi connectivity index (χ4n) is 3.56. The predicted molar refractivity (Wildman–Crippen MR) is 120 cm³/mol. The molecule has 8 heteroatoms. The molecule has 2 N–H and O–H groups in total. The third-order valence-electron chi connectivity index (χ3n) is 5.23. The van der Waals surface area contributed by atoms with Crippen LogP contribution in [0.5, 0.6) is 5.75 Å². The Morgan fingerprint density at radius 1 is 0.806 bits per heavy atom. The van der Waals surface area contributed by atoms with E-state index in [1.54, 1.807) is 59.5 Å². The Bertz CT molecular complexity index is 1160. The van der Waals surface area contributed by atoms with Crippen molar-refractivity contribution in [1.82, 2.24) is 4.90 Å². The van der Waals surface area contributed by atoms with Crippen molar-refractivity contribution < 1.29 is 18.3 Å². The Morgan fingerprint density at radius 2 is 1.42 bits per heavy atom. The lowest BCUT2D eigenvalue weighted by Gasteiger charge is -2.36. The molecule has 0 unspecified atom stereocenters. The highest BCUT2D eigenvalue weighted by Gasteiger charge is 2.23. The van der Waals surface area contributed by atoms with E-state index in [0.717, 1.165) is 5.69 Å². The molecule has 1 fully saturated rings. The van der Waals surface area contributed by atoms with Crippen molar-refractivity contribution in [1.29, 1.82) is 0 Å². The van der Waals surface area contributed by atoms with E-state index in [-0.39, 0.29) is 16.6 Å². The smallest absolute Gasteiger partial charge is 0.261 e. The first-order chi connectivity index (χ1) is 14.9. The minimum atomic E-state index is -3.67. The molecule has 3 aromatic carbocycles. The number of para-hydroxylation sites is 2. The van der Waals surface area contributed by atoms with E-state index in [0.29, 0.717) is 37.4 Å². The van der Waals surface area contributed by atoms with Gasteiger partial charge in [-0.05, 0) is 48.5 Å². The van der Waals surface area contributed by atoms with Gasteiger partial charge in [0.25, 0.3) is 15.9 Å². The van der Waals surface area contributed by atoms with Gasteiger partial charge in [-0.2, -0.15) is 0 Å². The first kappa shape index (κ1) is 20.7. The van der Waals surface area contributed by atoms with Crippen molar-refractivity contribution in [2.45, 2.75) is 4.90 Å². The number of phenols is 1. The van der Waals surface area contributed by atoms with Crippen molar-refractivity contribution in [2.24, 2.45) is 0 Å². The molecule has 1 amide bonds. The predicted octanol–water partition coefficient (Wildman–Crippen LogP) is 3.16. The van der Waals surface area contributed by atoms with Gasteiger partial charge < -0.3 is 14.9 Å². The molecular weight excluding hydrogens is 414 g/mol. The van der Waals surface area contributed by atoms with Gasteiger partial charge in [0.2, 0.25) is 0 Å². The molecular formula is C23H23N3O4S. The molecule has 1 aliphatic heterocycles. The average molecular weight is 438 g/mol. The standard InChI is InChI=1S/C23H23N3O4S/c27-22-9-5-4-8-21(22)25-14-16-26(17-15-25)23(28)18-10-12-19(13-11-18)24-31(29,30)20-6-2-1-3-7-20/h1-13,24,27H,14-17H2. The van der Waals surface area contributed by atoms with Gasteiger partial charge in [0.1, 0.15) is 5.75 Å². The van der Waals surface area contributed by atoms with Crippen LogP contribution in [0.15, 0.2) is 83.8 Å². The summed E-state index contributed by atoms with van der Waals surface area (Å²) in [6, 6.07) is 21.7. The summed E-state index contributed by atoms with van der Waals surface area (Å²) in [6.07, 6.45) is 0. The normalized spacial score (nSPS) is 14.3. The minimum Gasteiger partial charge on any atom is -0.506 e. The summed E-state index contributed by atoms with van der Waals surface area (Å²) < 4.78 is 27.4. The van der Waals surface area contributed by atoms with Crippen LogP contribution in [0.2, 0.25) is 0 Å². The van der Waals surface area contributed by atoms with Gasteiger partial charge in [0, 0.05) is 37.4 Å². The van der Waals surface area contributed by atoms with Crippen molar-refractivity contribution in [3.8, 4) is 5.75 Å². The second-order valence-electron chi connectivity index (χ2n) is 7.26. The van der Waals surface area contributed by atoms with E-state index in [2.05, 4.69) is 9.62 Å². The second kappa shape index (κ2) is 8.69. The SMILES string of the molecule is O=C(c1ccc(NS(=O)(=O)c2ccccc2)cc1)N1CCN(c2ccccc2O)CC1. The highest BCUT2D eigenvalue weighted by atomic mass is 32.2. The molecule has 0 spiro atoms. The van der Waals surface area contributed by atoms with Crippen LogP contribution >= 0.6 is 0 Å². The molecule has 160 valence electrons. The molecule has 0 atom stereocenters.